The summed E-state index contributed by atoms with van der Waals surface area (Å²) in [5.74, 6) is 4.23. The monoisotopic (exact) mass is 565 g/mol. The van der Waals surface area contributed by atoms with Crippen molar-refractivity contribution in [1.29, 1.82) is 0 Å². The molecule has 6 rings (SSSR count). The number of hydrogen-bond acceptors (Lipinski definition) is 9. The number of aromatic nitrogens is 2. The third-order valence-corrected chi connectivity index (χ3v) is 7.96. The summed E-state index contributed by atoms with van der Waals surface area (Å²) in [6.07, 6.45) is 11.8. The summed E-state index contributed by atoms with van der Waals surface area (Å²) in [6.45, 7) is 7.94. The van der Waals surface area contributed by atoms with E-state index in [2.05, 4.69) is 42.9 Å². The van der Waals surface area contributed by atoms with E-state index in [4.69, 9.17) is 16.0 Å². The molecule has 2 aliphatic heterocycles. The molecule has 3 fully saturated rings. The fourth-order valence-electron chi connectivity index (χ4n) is 5.66. The molecule has 0 bridgehead atoms. The summed E-state index contributed by atoms with van der Waals surface area (Å²) in [7, 11) is 1.63. The van der Waals surface area contributed by atoms with Crippen LogP contribution in [0.5, 0.6) is 5.75 Å². The number of hydroxylamine groups is 1. The molecule has 1 saturated carbocycles. The molecule has 3 aliphatic rings. The Kier molecular flexibility index (Phi) is 7.95. The predicted octanol–water partition coefficient (Wildman–Crippen LogP) is 4.50. The fraction of sp³-hybridized carbons (Fsp3) is 0.344. The number of amides is 1. The first kappa shape index (κ1) is 27.6. The maximum absolute atomic E-state index is 12.4. The van der Waals surface area contributed by atoms with Crippen molar-refractivity contribution in [3.63, 3.8) is 0 Å². The first-order chi connectivity index (χ1) is 20.6. The second kappa shape index (κ2) is 12.1. The second-order valence-electron chi connectivity index (χ2n) is 10.6. The largest absolute Gasteiger partial charge is 0.494 e. The van der Waals surface area contributed by atoms with E-state index in [1.807, 2.05) is 42.5 Å². The van der Waals surface area contributed by atoms with Crippen molar-refractivity contribution in [3.05, 3.63) is 72.6 Å². The average Bonchev–Trinajstić information content (AvgIpc) is 3.77. The highest BCUT2D eigenvalue weighted by Gasteiger charge is 2.32. The zero-order chi connectivity index (χ0) is 29.1. The van der Waals surface area contributed by atoms with Gasteiger partial charge in [0, 0.05) is 56.3 Å². The summed E-state index contributed by atoms with van der Waals surface area (Å²) in [4.78, 5) is 32.2. The van der Waals surface area contributed by atoms with Gasteiger partial charge in [0.05, 0.1) is 36.8 Å². The molecule has 3 aromatic rings. The average molecular weight is 566 g/mol. The van der Waals surface area contributed by atoms with Crippen LogP contribution < -0.4 is 25.3 Å². The van der Waals surface area contributed by atoms with Gasteiger partial charge in [-0.05, 0) is 42.7 Å². The number of carbonyl (C=O) groups is 1. The molecule has 1 aromatic heterocycles. The predicted molar refractivity (Wildman–Crippen MR) is 164 cm³/mol. The summed E-state index contributed by atoms with van der Waals surface area (Å²) < 4.78 is 5.80. The maximum atomic E-state index is 12.4. The third-order valence-electron chi connectivity index (χ3n) is 7.96. The molecule has 0 spiro atoms. The molecule has 0 radical (unpaired) electrons. The molecule has 3 heterocycles. The van der Waals surface area contributed by atoms with E-state index in [-0.39, 0.29) is 11.9 Å². The number of rotatable bonds is 9. The Morgan fingerprint density at radius 2 is 1.95 bits per heavy atom. The highest BCUT2D eigenvalue weighted by Crippen LogP contribution is 2.40. The van der Waals surface area contributed by atoms with Gasteiger partial charge in [-0.3, -0.25) is 14.5 Å². The van der Waals surface area contributed by atoms with Crippen molar-refractivity contribution in [2.75, 3.05) is 60.5 Å². The highest BCUT2D eigenvalue weighted by atomic mass is 16.7. The van der Waals surface area contributed by atoms with Gasteiger partial charge in [-0.2, -0.15) is 0 Å². The highest BCUT2D eigenvalue weighted by molar-refractivity contribution is 6.02. The molecule has 2 aromatic carbocycles. The lowest BCUT2D eigenvalue weighted by Gasteiger charge is -2.37. The van der Waals surface area contributed by atoms with Crippen molar-refractivity contribution >= 4 is 34.6 Å². The summed E-state index contributed by atoms with van der Waals surface area (Å²) >= 11 is 0. The van der Waals surface area contributed by atoms with E-state index in [0.717, 1.165) is 55.5 Å². The van der Waals surface area contributed by atoms with Crippen LogP contribution in [0.1, 0.15) is 36.4 Å². The molecule has 42 heavy (non-hydrogen) atoms. The number of anilines is 5. The summed E-state index contributed by atoms with van der Waals surface area (Å²) in [6, 6.07) is 14.3. The van der Waals surface area contributed by atoms with Gasteiger partial charge in [0.1, 0.15) is 17.9 Å². The van der Waals surface area contributed by atoms with Crippen LogP contribution in [0.3, 0.4) is 0 Å². The van der Waals surface area contributed by atoms with Gasteiger partial charge in [-0.15, -0.1) is 6.42 Å². The Bertz CT molecular complexity index is 1510. The Balaban J connectivity index is 1.26. The lowest BCUT2D eigenvalue weighted by molar-refractivity contribution is -0.111. The molecule has 216 valence electrons. The van der Waals surface area contributed by atoms with Crippen molar-refractivity contribution in [3.8, 4) is 18.1 Å². The van der Waals surface area contributed by atoms with E-state index in [1.165, 1.54) is 25.2 Å². The normalized spacial score (nSPS) is 18.8. The first-order valence-corrected chi connectivity index (χ1v) is 14.3. The van der Waals surface area contributed by atoms with Gasteiger partial charge in [-0.1, -0.05) is 24.6 Å². The third kappa shape index (κ3) is 5.88. The van der Waals surface area contributed by atoms with Crippen LogP contribution in [0.25, 0.3) is 0 Å². The summed E-state index contributed by atoms with van der Waals surface area (Å²) in [5.41, 5.74) is 4.13. The van der Waals surface area contributed by atoms with Crippen molar-refractivity contribution < 1.29 is 14.4 Å². The van der Waals surface area contributed by atoms with E-state index >= 15 is 0 Å². The van der Waals surface area contributed by atoms with Gasteiger partial charge in [0.2, 0.25) is 5.91 Å². The maximum Gasteiger partial charge on any atom is 0.247 e. The van der Waals surface area contributed by atoms with E-state index < -0.39 is 0 Å². The van der Waals surface area contributed by atoms with Gasteiger partial charge < -0.3 is 20.3 Å². The number of nitrogens with zero attached hydrogens (tertiary/aromatic N) is 5. The van der Waals surface area contributed by atoms with Crippen LogP contribution in [-0.2, 0) is 9.63 Å². The van der Waals surface area contributed by atoms with Gasteiger partial charge in [0.15, 0.2) is 5.82 Å². The molecule has 1 atom stereocenters. The number of hydrogen-bond donors (Lipinski definition) is 2. The zero-order valence-corrected chi connectivity index (χ0v) is 23.8. The minimum atomic E-state index is -0.278. The molecule has 1 amide bonds. The molecular weight excluding hydrogens is 530 g/mol. The van der Waals surface area contributed by atoms with E-state index in [1.54, 1.807) is 12.2 Å². The zero-order valence-electron chi connectivity index (χ0n) is 23.8. The molecule has 1 unspecified atom stereocenters. The number of nitrogens with one attached hydrogen (secondary N) is 2. The Labute approximate surface area is 246 Å². The fourth-order valence-corrected chi connectivity index (χ4v) is 5.66. The topological polar surface area (TPSA) is 95.1 Å². The van der Waals surface area contributed by atoms with Gasteiger partial charge in [0.25, 0.3) is 0 Å². The first-order valence-electron chi connectivity index (χ1n) is 14.3. The number of ether oxygens (including phenoxy) is 1. The quantitative estimate of drug-likeness (QED) is 0.287. The van der Waals surface area contributed by atoms with Gasteiger partial charge in [-0.25, -0.2) is 15.0 Å². The van der Waals surface area contributed by atoms with E-state index in [0.29, 0.717) is 35.4 Å². The SMILES string of the molecule is C#Cc1cccc(C2CCON2c2cc(Nc3cc(NC(=O)C=C)c(N4CCN(C5CC5)CC4)cc3OC)ncn2)c1. The number of methoxy groups -OCH3 is 1. The molecule has 1 aliphatic carbocycles. The van der Waals surface area contributed by atoms with Crippen LogP contribution >= 0.6 is 0 Å². The molecule has 10 nitrogen and oxygen atoms in total. The molecular formula is C32H35N7O3. The van der Waals surface area contributed by atoms with Crippen molar-refractivity contribution in [2.45, 2.75) is 31.3 Å². The number of piperazine rings is 1. The molecule has 2 N–H and O–H groups in total. The number of benzene rings is 2. The van der Waals surface area contributed by atoms with Crippen molar-refractivity contribution in [1.82, 2.24) is 14.9 Å². The van der Waals surface area contributed by atoms with Gasteiger partial charge >= 0.3 is 0 Å². The smallest absolute Gasteiger partial charge is 0.247 e. The lowest BCUT2D eigenvalue weighted by Crippen LogP contribution is -2.47. The number of carbonyl (C=O) groups excluding carboxylic acids is 1. The Morgan fingerprint density at radius 3 is 2.69 bits per heavy atom. The van der Waals surface area contributed by atoms with Crippen LogP contribution in [0.2, 0.25) is 0 Å². The van der Waals surface area contributed by atoms with Crippen LogP contribution in [-0.4, -0.2) is 66.7 Å². The number of terminal acetylenes is 1. The van der Waals surface area contributed by atoms with Crippen LogP contribution in [0.4, 0.5) is 28.7 Å². The molecule has 2 saturated heterocycles. The van der Waals surface area contributed by atoms with Crippen LogP contribution in [0, 0.1) is 12.3 Å². The van der Waals surface area contributed by atoms with Crippen molar-refractivity contribution in [2.24, 2.45) is 0 Å². The molecule has 10 heteroatoms. The summed E-state index contributed by atoms with van der Waals surface area (Å²) in [5, 5.41) is 8.16. The van der Waals surface area contributed by atoms with Crippen LogP contribution in [0.15, 0.2) is 61.4 Å². The lowest BCUT2D eigenvalue weighted by atomic mass is 10.0. The second-order valence-corrected chi connectivity index (χ2v) is 10.6. The Hall–Kier alpha value is -4.59. The minimum absolute atomic E-state index is 0.0315. The standard InChI is InChI=1S/C32H35N7O3/c1-4-22-7-6-8-23(17-22)27-11-16-42-39(27)31-20-30(33-21-34-31)35-26-18-25(36-32(40)5-2)28(19-29(26)41-3)38-14-12-37(13-15-38)24-9-10-24/h1,5-8,17-21,24,27H,2,9-16H2,3H3,(H,36,40)(H,33,34,35). The van der Waals surface area contributed by atoms with E-state index in [9.17, 15) is 4.79 Å². The minimum Gasteiger partial charge on any atom is -0.494 e. The Morgan fingerprint density at radius 1 is 1.12 bits per heavy atom.